The fourth-order valence-corrected chi connectivity index (χ4v) is 3.25. The van der Waals surface area contributed by atoms with Gasteiger partial charge in [-0.1, -0.05) is 0 Å². The molecule has 0 aliphatic heterocycles. The van der Waals surface area contributed by atoms with Gasteiger partial charge in [0, 0.05) is 17.3 Å². The summed E-state index contributed by atoms with van der Waals surface area (Å²) >= 11 is 6.43. The number of carbonyl (C=O) groups excluding carboxylic acids is 1. The van der Waals surface area contributed by atoms with Gasteiger partial charge in [0.05, 0.1) is 17.2 Å². The summed E-state index contributed by atoms with van der Waals surface area (Å²) in [4.78, 5) is 12.4. The zero-order valence-electron chi connectivity index (χ0n) is 7.79. The van der Waals surface area contributed by atoms with E-state index in [2.05, 4.69) is 15.9 Å². The second-order valence-corrected chi connectivity index (χ2v) is 5.44. The molecular weight excluding hydrogens is 284 g/mol. The monoisotopic (exact) mass is 294 g/mol. The smallest absolute Gasteiger partial charge is 0.183 e. The lowest BCUT2D eigenvalue weighted by atomic mass is 10.3. The zero-order valence-corrected chi connectivity index (χ0v) is 11.0. The van der Waals surface area contributed by atoms with Gasteiger partial charge in [0.25, 0.3) is 0 Å². The van der Waals surface area contributed by atoms with Gasteiger partial charge in [0.2, 0.25) is 0 Å². The molecule has 0 amide bonds. The molecule has 5 heteroatoms. The maximum absolute atomic E-state index is 11.6. The number of methoxy groups -OCH3 is 1. The van der Waals surface area contributed by atoms with E-state index in [0.717, 1.165) is 15.1 Å². The van der Waals surface area contributed by atoms with E-state index >= 15 is 0 Å². The van der Waals surface area contributed by atoms with E-state index in [1.54, 1.807) is 18.9 Å². The molecule has 14 heavy (non-hydrogen) atoms. The normalized spacial score (nSPS) is 10.4. The first-order valence-corrected chi connectivity index (χ1v) is 6.91. The second kappa shape index (κ2) is 6.61. The lowest BCUT2D eigenvalue weighted by Crippen LogP contribution is -2.02. The predicted octanol–water partition coefficient (Wildman–Crippen LogP) is 3.07. The minimum absolute atomic E-state index is 0.188. The van der Waals surface area contributed by atoms with Gasteiger partial charge in [-0.15, -0.1) is 11.3 Å². The number of ether oxygens (including phenoxy) is 1. The van der Waals surface area contributed by atoms with E-state index in [1.807, 2.05) is 11.4 Å². The van der Waals surface area contributed by atoms with Crippen LogP contribution in [0.5, 0.6) is 0 Å². The Morgan fingerprint density at radius 1 is 1.71 bits per heavy atom. The van der Waals surface area contributed by atoms with Crippen LogP contribution in [0.3, 0.4) is 0 Å². The van der Waals surface area contributed by atoms with Crippen LogP contribution in [-0.2, 0) is 4.74 Å². The Hall–Kier alpha value is 0.160. The molecule has 0 aromatic carbocycles. The first-order valence-electron chi connectivity index (χ1n) is 4.08. The molecule has 1 aromatic heterocycles. The van der Waals surface area contributed by atoms with Crippen LogP contribution in [0.2, 0.25) is 0 Å². The van der Waals surface area contributed by atoms with Gasteiger partial charge in [0.1, 0.15) is 0 Å². The molecule has 1 aromatic rings. The molecule has 78 valence electrons. The SMILES string of the molecule is COCCSCC(=O)c1sccc1Br. The number of carbonyl (C=O) groups is 1. The third-order valence-corrected chi connectivity index (χ3v) is 4.34. The minimum atomic E-state index is 0.188. The molecule has 0 spiro atoms. The van der Waals surface area contributed by atoms with Crippen LogP contribution in [0, 0.1) is 0 Å². The summed E-state index contributed by atoms with van der Waals surface area (Å²) in [5, 5.41) is 1.91. The lowest BCUT2D eigenvalue weighted by molar-refractivity contribution is 0.102. The molecule has 0 aliphatic carbocycles. The van der Waals surface area contributed by atoms with Gasteiger partial charge in [-0.3, -0.25) is 4.79 Å². The highest BCUT2D eigenvalue weighted by molar-refractivity contribution is 9.10. The van der Waals surface area contributed by atoms with Gasteiger partial charge in [-0.2, -0.15) is 11.8 Å². The Morgan fingerprint density at radius 3 is 3.07 bits per heavy atom. The Labute approximate surface area is 100 Å². The minimum Gasteiger partial charge on any atom is -0.384 e. The van der Waals surface area contributed by atoms with E-state index in [4.69, 9.17) is 4.74 Å². The molecule has 0 radical (unpaired) electrons. The third kappa shape index (κ3) is 3.73. The van der Waals surface area contributed by atoms with E-state index in [0.29, 0.717) is 12.4 Å². The number of thioether (sulfide) groups is 1. The van der Waals surface area contributed by atoms with E-state index in [9.17, 15) is 4.79 Å². The van der Waals surface area contributed by atoms with E-state index < -0.39 is 0 Å². The van der Waals surface area contributed by atoms with Crippen molar-refractivity contribution in [2.45, 2.75) is 0 Å². The third-order valence-electron chi connectivity index (χ3n) is 1.54. The average molecular weight is 295 g/mol. The van der Waals surface area contributed by atoms with Crippen molar-refractivity contribution in [3.05, 3.63) is 20.8 Å². The summed E-state index contributed by atoms with van der Waals surface area (Å²) < 4.78 is 5.80. The molecule has 1 heterocycles. The summed E-state index contributed by atoms with van der Waals surface area (Å²) in [6.45, 7) is 0.698. The van der Waals surface area contributed by atoms with Crippen LogP contribution in [-0.4, -0.2) is 31.0 Å². The Kier molecular flexibility index (Phi) is 5.77. The van der Waals surface area contributed by atoms with Crippen molar-refractivity contribution in [1.29, 1.82) is 0 Å². The molecule has 0 bridgehead atoms. The molecular formula is C9H11BrO2S2. The highest BCUT2D eigenvalue weighted by Crippen LogP contribution is 2.24. The highest BCUT2D eigenvalue weighted by Gasteiger charge is 2.10. The van der Waals surface area contributed by atoms with Crippen molar-refractivity contribution in [2.24, 2.45) is 0 Å². The van der Waals surface area contributed by atoms with E-state index in [1.165, 1.54) is 11.3 Å². The van der Waals surface area contributed by atoms with Crippen molar-refractivity contribution in [2.75, 3.05) is 25.2 Å². The Bertz CT molecular complexity index is 299. The van der Waals surface area contributed by atoms with Gasteiger partial charge in [-0.05, 0) is 27.4 Å². The van der Waals surface area contributed by atoms with Crippen LogP contribution in [0.1, 0.15) is 9.67 Å². The summed E-state index contributed by atoms with van der Waals surface area (Å²) in [5.41, 5.74) is 0. The Balaban J connectivity index is 2.32. The van der Waals surface area contributed by atoms with Gasteiger partial charge < -0.3 is 4.74 Å². The van der Waals surface area contributed by atoms with Crippen molar-refractivity contribution in [1.82, 2.24) is 0 Å². The predicted molar refractivity (Wildman–Crippen MR) is 65.6 cm³/mol. The topological polar surface area (TPSA) is 26.3 Å². The molecule has 0 atom stereocenters. The van der Waals surface area contributed by atoms with Gasteiger partial charge >= 0.3 is 0 Å². The standard InChI is InChI=1S/C9H11BrO2S2/c1-12-3-5-13-6-8(11)9-7(10)2-4-14-9/h2,4H,3,5-6H2,1H3. The molecule has 0 unspecified atom stereocenters. The van der Waals surface area contributed by atoms with Crippen LogP contribution >= 0.6 is 39.0 Å². The first-order chi connectivity index (χ1) is 6.75. The van der Waals surface area contributed by atoms with Gasteiger partial charge in [0.15, 0.2) is 5.78 Å². The van der Waals surface area contributed by atoms with Crippen molar-refractivity contribution < 1.29 is 9.53 Å². The first kappa shape index (κ1) is 12.2. The molecule has 0 saturated heterocycles. The number of hydrogen-bond donors (Lipinski definition) is 0. The van der Waals surface area contributed by atoms with Crippen molar-refractivity contribution in [3.63, 3.8) is 0 Å². The summed E-state index contributed by atoms with van der Waals surface area (Å²) in [5.74, 6) is 1.58. The molecule has 0 aliphatic rings. The number of rotatable bonds is 6. The molecule has 2 nitrogen and oxygen atoms in total. The van der Waals surface area contributed by atoms with Crippen molar-refractivity contribution in [3.8, 4) is 0 Å². The number of ketones is 1. The van der Waals surface area contributed by atoms with Crippen LogP contribution in [0.25, 0.3) is 0 Å². The average Bonchev–Trinajstić information content (AvgIpc) is 2.59. The fraction of sp³-hybridized carbons (Fsp3) is 0.444. The quantitative estimate of drug-likeness (QED) is 0.596. The summed E-state index contributed by atoms with van der Waals surface area (Å²) in [6, 6.07) is 1.90. The largest absolute Gasteiger partial charge is 0.384 e. The maximum atomic E-state index is 11.6. The van der Waals surface area contributed by atoms with Crippen LogP contribution < -0.4 is 0 Å². The van der Waals surface area contributed by atoms with Crippen molar-refractivity contribution >= 4 is 44.8 Å². The lowest BCUT2D eigenvalue weighted by Gasteiger charge is -1.99. The molecule has 0 saturated carbocycles. The van der Waals surface area contributed by atoms with E-state index in [-0.39, 0.29) is 5.78 Å². The molecule has 0 N–H and O–H groups in total. The van der Waals surface area contributed by atoms with Crippen LogP contribution in [0.4, 0.5) is 0 Å². The molecule has 0 fully saturated rings. The van der Waals surface area contributed by atoms with Crippen LogP contribution in [0.15, 0.2) is 15.9 Å². The summed E-state index contributed by atoms with van der Waals surface area (Å²) in [6.07, 6.45) is 0. The zero-order chi connectivity index (χ0) is 10.4. The fourth-order valence-electron chi connectivity index (χ4n) is 0.865. The number of halogens is 1. The number of Topliss-reactive ketones (excluding diaryl/α,β-unsaturated/α-hetero) is 1. The highest BCUT2D eigenvalue weighted by atomic mass is 79.9. The number of hydrogen-bond acceptors (Lipinski definition) is 4. The summed E-state index contributed by atoms with van der Waals surface area (Å²) in [7, 11) is 1.66. The maximum Gasteiger partial charge on any atom is 0.183 e. The number of thiophene rings is 1. The van der Waals surface area contributed by atoms with Gasteiger partial charge in [-0.25, -0.2) is 0 Å². The second-order valence-electron chi connectivity index (χ2n) is 2.57. The Morgan fingerprint density at radius 2 is 2.50 bits per heavy atom. The molecule has 1 rings (SSSR count).